The first-order valence-corrected chi connectivity index (χ1v) is 6.75. The van der Waals surface area contributed by atoms with Gasteiger partial charge in [0.1, 0.15) is 11.8 Å². The smallest absolute Gasteiger partial charge is 0.318 e. The summed E-state index contributed by atoms with van der Waals surface area (Å²) in [6, 6.07) is 15.0. The number of carbonyl (C=O) groups is 2. The van der Waals surface area contributed by atoms with Crippen LogP contribution in [-0.4, -0.2) is 18.0 Å². The number of para-hydroxylation sites is 3. The molecule has 0 unspecified atom stereocenters. The van der Waals surface area contributed by atoms with E-state index in [0.29, 0.717) is 17.2 Å². The highest BCUT2D eigenvalue weighted by Gasteiger charge is 2.16. The van der Waals surface area contributed by atoms with Crippen molar-refractivity contribution in [3.05, 3.63) is 54.6 Å². The molecule has 6 nitrogen and oxygen atoms in total. The van der Waals surface area contributed by atoms with E-state index in [1.165, 1.54) is 0 Å². The van der Waals surface area contributed by atoms with Crippen molar-refractivity contribution in [2.24, 2.45) is 5.73 Å². The number of nitrogens with two attached hydrogens (primary N) is 1. The Morgan fingerprint density at radius 1 is 1.05 bits per heavy atom. The molecule has 0 aliphatic heterocycles. The molecule has 2 aromatic rings. The van der Waals surface area contributed by atoms with Crippen LogP contribution >= 0.6 is 0 Å². The Kier molecular flexibility index (Phi) is 4.98. The SMILES string of the molecule is C[C@H](Nc1ccccc1Oc1ccccc1)C(=O)NC(N)=O. The van der Waals surface area contributed by atoms with Crippen molar-refractivity contribution in [2.45, 2.75) is 13.0 Å². The van der Waals surface area contributed by atoms with Gasteiger partial charge < -0.3 is 15.8 Å². The molecule has 2 aromatic carbocycles. The van der Waals surface area contributed by atoms with Gasteiger partial charge >= 0.3 is 6.03 Å². The number of ether oxygens (including phenoxy) is 1. The number of urea groups is 1. The molecule has 1 atom stereocenters. The molecule has 114 valence electrons. The van der Waals surface area contributed by atoms with Crippen LogP contribution in [0.1, 0.15) is 6.92 Å². The first kappa shape index (κ1) is 15.4. The molecule has 0 radical (unpaired) electrons. The number of rotatable bonds is 5. The van der Waals surface area contributed by atoms with Gasteiger partial charge in [-0.2, -0.15) is 0 Å². The number of imide groups is 1. The third kappa shape index (κ3) is 4.24. The Hall–Kier alpha value is -3.02. The first-order chi connectivity index (χ1) is 10.6. The van der Waals surface area contributed by atoms with Crippen molar-refractivity contribution in [2.75, 3.05) is 5.32 Å². The molecule has 0 bridgehead atoms. The van der Waals surface area contributed by atoms with Crippen LogP contribution in [0.2, 0.25) is 0 Å². The fourth-order valence-corrected chi connectivity index (χ4v) is 1.82. The lowest BCUT2D eigenvalue weighted by molar-refractivity contribution is -0.120. The van der Waals surface area contributed by atoms with E-state index in [-0.39, 0.29) is 0 Å². The third-order valence-electron chi connectivity index (χ3n) is 2.87. The molecule has 0 aliphatic carbocycles. The summed E-state index contributed by atoms with van der Waals surface area (Å²) >= 11 is 0. The second kappa shape index (κ2) is 7.12. The Morgan fingerprint density at radius 2 is 1.68 bits per heavy atom. The van der Waals surface area contributed by atoms with Crippen molar-refractivity contribution in [3.63, 3.8) is 0 Å². The maximum atomic E-state index is 11.7. The average molecular weight is 299 g/mol. The molecule has 0 aromatic heterocycles. The van der Waals surface area contributed by atoms with Gasteiger partial charge in [0.2, 0.25) is 5.91 Å². The average Bonchev–Trinajstić information content (AvgIpc) is 2.49. The standard InChI is InChI=1S/C16H17N3O3/c1-11(15(20)19-16(17)21)18-13-9-5-6-10-14(13)22-12-7-3-2-4-8-12/h2-11,18H,1H3,(H3,17,19,20,21)/t11-/m0/s1. The summed E-state index contributed by atoms with van der Waals surface area (Å²) in [5, 5.41) is 5.02. The topological polar surface area (TPSA) is 93.4 Å². The molecular formula is C16H17N3O3. The largest absolute Gasteiger partial charge is 0.455 e. The number of carbonyl (C=O) groups excluding carboxylic acids is 2. The zero-order chi connectivity index (χ0) is 15.9. The van der Waals surface area contributed by atoms with Crippen molar-refractivity contribution in [3.8, 4) is 11.5 Å². The number of primary amides is 1. The molecule has 0 fully saturated rings. The van der Waals surface area contributed by atoms with Crippen LogP contribution in [0.25, 0.3) is 0 Å². The van der Waals surface area contributed by atoms with Gasteiger partial charge in [0, 0.05) is 0 Å². The minimum atomic E-state index is -0.882. The molecule has 2 rings (SSSR count). The van der Waals surface area contributed by atoms with Gasteiger partial charge in [0.05, 0.1) is 5.69 Å². The van der Waals surface area contributed by atoms with E-state index >= 15 is 0 Å². The number of hydrogen-bond donors (Lipinski definition) is 3. The lowest BCUT2D eigenvalue weighted by atomic mass is 10.2. The van der Waals surface area contributed by atoms with Gasteiger partial charge in [-0.05, 0) is 31.2 Å². The molecule has 0 saturated carbocycles. The molecular weight excluding hydrogens is 282 g/mol. The summed E-state index contributed by atoms with van der Waals surface area (Å²) in [5.41, 5.74) is 5.57. The Bertz CT molecular complexity index is 659. The summed E-state index contributed by atoms with van der Waals surface area (Å²) < 4.78 is 5.79. The molecule has 6 heteroatoms. The lowest BCUT2D eigenvalue weighted by Gasteiger charge is -2.17. The fourth-order valence-electron chi connectivity index (χ4n) is 1.82. The third-order valence-corrected chi connectivity index (χ3v) is 2.87. The van der Waals surface area contributed by atoms with E-state index in [0.717, 1.165) is 0 Å². The second-order valence-electron chi connectivity index (χ2n) is 4.63. The van der Waals surface area contributed by atoms with E-state index in [9.17, 15) is 9.59 Å². The van der Waals surface area contributed by atoms with Gasteiger partial charge in [-0.1, -0.05) is 30.3 Å². The van der Waals surface area contributed by atoms with Crippen LogP contribution in [0.15, 0.2) is 54.6 Å². The Balaban J connectivity index is 2.11. The van der Waals surface area contributed by atoms with Gasteiger partial charge in [-0.25, -0.2) is 4.79 Å². The summed E-state index contributed by atoms with van der Waals surface area (Å²) in [6.07, 6.45) is 0. The Labute approximate surface area is 128 Å². The van der Waals surface area contributed by atoms with E-state index in [4.69, 9.17) is 10.5 Å². The molecule has 3 amide bonds. The second-order valence-corrected chi connectivity index (χ2v) is 4.63. The van der Waals surface area contributed by atoms with Gasteiger partial charge in [0.15, 0.2) is 5.75 Å². The number of anilines is 1. The van der Waals surface area contributed by atoms with Crippen LogP contribution < -0.4 is 21.1 Å². The van der Waals surface area contributed by atoms with Crippen molar-refractivity contribution >= 4 is 17.6 Å². The molecule has 22 heavy (non-hydrogen) atoms. The van der Waals surface area contributed by atoms with E-state index < -0.39 is 18.0 Å². The van der Waals surface area contributed by atoms with E-state index in [1.54, 1.807) is 19.1 Å². The monoisotopic (exact) mass is 299 g/mol. The summed E-state index contributed by atoms with van der Waals surface area (Å²) in [5.74, 6) is 0.750. The quantitative estimate of drug-likeness (QED) is 0.790. The van der Waals surface area contributed by atoms with Crippen LogP contribution in [0.3, 0.4) is 0 Å². The predicted octanol–water partition coefficient (Wildman–Crippen LogP) is 2.47. The van der Waals surface area contributed by atoms with Crippen molar-refractivity contribution in [1.29, 1.82) is 0 Å². The highest BCUT2D eigenvalue weighted by atomic mass is 16.5. The highest BCUT2D eigenvalue weighted by Crippen LogP contribution is 2.29. The van der Waals surface area contributed by atoms with E-state index in [2.05, 4.69) is 5.32 Å². The highest BCUT2D eigenvalue weighted by molar-refractivity contribution is 5.97. The lowest BCUT2D eigenvalue weighted by Crippen LogP contribution is -2.43. The van der Waals surface area contributed by atoms with Gasteiger partial charge in [-0.3, -0.25) is 10.1 Å². The van der Waals surface area contributed by atoms with Crippen LogP contribution in [-0.2, 0) is 4.79 Å². The minimum absolute atomic E-state index is 0.512. The van der Waals surface area contributed by atoms with Crippen LogP contribution in [0.4, 0.5) is 10.5 Å². The molecule has 0 saturated heterocycles. The first-order valence-electron chi connectivity index (χ1n) is 6.75. The van der Waals surface area contributed by atoms with Crippen molar-refractivity contribution < 1.29 is 14.3 Å². The van der Waals surface area contributed by atoms with Crippen molar-refractivity contribution in [1.82, 2.24) is 5.32 Å². The maximum Gasteiger partial charge on any atom is 0.318 e. The molecule has 0 spiro atoms. The summed E-state index contributed by atoms with van der Waals surface area (Å²) in [7, 11) is 0. The molecule has 4 N–H and O–H groups in total. The molecule has 0 aliphatic rings. The summed E-state index contributed by atoms with van der Waals surface area (Å²) in [4.78, 5) is 22.4. The summed E-state index contributed by atoms with van der Waals surface area (Å²) in [6.45, 7) is 1.62. The number of hydrogen-bond acceptors (Lipinski definition) is 4. The van der Waals surface area contributed by atoms with Gasteiger partial charge in [0.25, 0.3) is 0 Å². The Morgan fingerprint density at radius 3 is 2.36 bits per heavy atom. The zero-order valence-corrected chi connectivity index (χ0v) is 12.1. The van der Waals surface area contributed by atoms with Gasteiger partial charge in [-0.15, -0.1) is 0 Å². The normalized spacial score (nSPS) is 11.3. The van der Waals surface area contributed by atoms with Crippen LogP contribution in [0.5, 0.6) is 11.5 Å². The fraction of sp³-hybridized carbons (Fsp3) is 0.125. The number of benzene rings is 2. The van der Waals surface area contributed by atoms with E-state index in [1.807, 2.05) is 47.8 Å². The number of amides is 3. The maximum absolute atomic E-state index is 11.7. The minimum Gasteiger partial charge on any atom is -0.455 e. The molecule has 0 heterocycles. The number of nitrogens with one attached hydrogen (secondary N) is 2. The zero-order valence-electron chi connectivity index (χ0n) is 12.1. The predicted molar refractivity (Wildman–Crippen MR) is 83.8 cm³/mol. The van der Waals surface area contributed by atoms with Crippen LogP contribution in [0, 0.1) is 0 Å².